The van der Waals surface area contributed by atoms with Crippen LogP contribution in [0, 0.1) is 19.3 Å². The van der Waals surface area contributed by atoms with Crippen LogP contribution in [0.1, 0.15) is 23.7 Å². The van der Waals surface area contributed by atoms with Crippen molar-refractivity contribution in [2.45, 2.75) is 27.2 Å². The Labute approximate surface area is 107 Å². The third kappa shape index (κ3) is 2.61. The third-order valence-corrected chi connectivity index (χ3v) is 3.27. The van der Waals surface area contributed by atoms with Crippen LogP contribution in [0.15, 0.2) is 6.20 Å². The van der Waals surface area contributed by atoms with Gasteiger partial charge < -0.3 is 15.6 Å². The van der Waals surface area contributed by atoms with Gasteiger partial charge in [-0.2, -0.15) is 0 Å². The van der Waals surface area contributed by atoms with Crippen LogP contribution in [-0.4, -0.2) is 29.7 Å². The van der Waals surface area contributed by atoms with Crippen molar-refractivity contribution in [3.8, 4) is 5.75 Å². The standard InChI is InChI=1S/C13H20N2O3/c1-8-6-15-10(9(2)11(8)18-4)5-13(3,7-14)12(16)17/h6H,5,7,14H2,1-4H3,(H,16,17). The summed E-state index contributed by atoms with van der Waals surface area (Å²) >= 11 is 0. The summed E-state index contributed by atoms with van der Waals surface area (Å²) in [6.45, 7) is 5.48. The molecule has 0 aliphatic rings. The number of aromatic nitrogens is 1. The zero-order chi connectivity index (χ0) is 13.9. The highest BCUT2D eigenvalue weighted by molar-refractivity contribution is 5.75. The van der Waals surface area contributed by atoms with E-state index in [1.165, 1.54) is 0 Å². The van der Waals surface area contributed by atoms with Gasteiger partial charge in [-0.05, 0) is 20.8 Å². The molecule has 5 nitrogen and oxygen atoms in total. The van der Waals surface area contributed by atoms with Crippen molar-refractivity contribution >= 4 is 5.97 Å². The van der Waals surface area contributed by atoms with E-state index in [0.717, 1.165) is 16.9 Å². The molecule has 1 unspecified atom stereocenters. The monoisotopic (exact) mass is 252 g/mol. The van der Waals surface area contributed by atoms with E-state index in [9.17, 15) is 9.90 Å². The van der Waals surface area contributed by atoms with Gasteiger partial charge in [0.2, 0.25) is 0 Å². The molecule has 0 radical (unpaired) electrons. The largest absolute Gasteiger partial charge is 0.496 e. The first-order valence-corrected chi connectivity index (χ1v) is 5.78. The maximum Gasteiger partial charge on any atom is 0.311 e. The summed E-state index contributed by atoms with van der Waals surface area (Å²) in [6.07, 6.45) is 1.99. The predicted molar refractivity (Wildman–Crippen MR) is 68.8 cm³/mol. The second-order valence-electron chi connectivity index (χ2n) is 4.79. The average Bonchev–Trinajstić information content (AvgIpc) is 2.33. The fraction of sp³-hybridized carbons (Fsp3) is 0.538. The number of pyridine rings is 1. The van der Waals surface area contributed by atoms with Crippen LogP contribution in [0.2, 0.25) is 0 Å². The van der Waals surface area contributed by atoms with Gasteiger partial charge in [0.25, 0.3) is 0 Å². The van der Waals surface area contributed by atoms with E-state index in [1.54, 1.807) is 20.2 Å². The summed E-state index contributed by atoms with van der Waals surface area (Å²) in [5, 5.41) is 9.23. The second-order valence-corrected chi connectivity index (χ2v) is 4.79. The van der Waals surface area contributed by atoms with E-state index in [2.05, 4.69) is 4.98 Å². The Morgan fingerprint density at radius 1 is 1.56 bits per heavy atom. The Bertz CT molecular complexity index is 460. The smallest absolute Gasteiger partial charge is 0.311 e. The van der Waals surface area contributed by atoms with Crippen LogP contribution in [0.3, 0.4) is 0 Å². The fourth-order valence-electron chi connectivity index (χ4n) is 1.85. The Morgan fingerprint density at radius 2 is 2.17 bits per heavy atom. The molecular weight excluding hydrogens is 232 g/mol. The molecule has 0 aliphatic heterocycles. The summed E-state index contributed by atoms with van der Waals surface area (Å²) in [7, 11) is 1.60. The lowest BCUT2D eigenvalue weighted by Gasteiger charge is -2.23. The number of nitrogens with two attached hydrogens (primary N) is 1. The van der Waals surface area contributed by atoms with Gasteiger partial charge in [0.05, 0.1) is 12.5 Å². The lowest BCUT2D eigenvalue weighted by molar-refractivity contribution is -0.147. The predicted octanol–water partition coefficient (Wildman–Crippen LogP) is 1.30. The molecule has 18 heavy (non-hydrogen) atoms. The van der Waals surface area contributed by atoms with E-state index < -0.39 is 11.4 Å². The van der Waals surface area contributed by atoms with Crippen molar-refractivity contribution < 1.29 is 14.6 Å². The van der Waals surface area contributed by atoms with Gasteiger partial charge in [-0.25, -0.2) is 0 Å². The highest BCUT2D eigenvalue weighted by Crippen LogP contribution is 2.28. The van der Waals surface area contributed by atoms with E-state index in [0.29, 0.717) is 12.1 Å². The molecule has 100 valence electrons. The zero-order valence-electron chi connectivity index (χ0n) is 11.3. The molecule has 1 aromatic rings. The van der Waals surface area contributed by atoms with Crippen molar-refractivity contribution in [1.29, 1.82) is 0 Å². The highest BCUT2D eigenvalue weighted by Gasteiger charge is 2.33. The SMILES string of the molecule is COc1c(C)cnc(CC(C)(CN)C(=O)O)c1C. The van der Waals surface area contributed by atoms with Crippen molar-refractivity contribution in [2.24, 2.45) is 11.1 Å². The van der Waals surface area contributed by atoms with E-state index >= 15 is 0 Å². The average molecular weight is 252 g/mol. The molecule has 1 atom stereocenters. The van der Waals surface area contributed by atoms with Crippen LogP contribution in [0.4, 0.5) is 0 Å². The van der Waals surface area contributed by atoms with Crippen molar-refractivity contribution in [3.05, 3.63) is 23.0 Å². The summed E-state index contributed by atoms with van der Waals surface area (Å²) in [4.78, 5) is 15.6. The van der Waals surface area contributed by atoms with Gasteiger partial charge in [-0.3, -0.25) is 9.78 Å². The molecule has 1 aromatic heterocycles. The van der Waals surface area contributed by atoms with Crippen molar-refractivity contribution in [2.75, 3.05) is 13.7 Å². The van der Waals surface area contributed by atoms with Crippen LogP contribution in [-0.2, 0) is 11.2 Å². The van der Waals surface area contributed by atoms with Crippen LogP contribution in [0.25, 0.3) is 0 Å². The molecule has 0 bridgehead atoms. The third-order valence-electron chi connectivity index (χ3n) is 3.27. The van der Waals surface area contributed by atoms with E-state index in [1.807, 2.05) is 13.8 Å². The van der Waals surface area contributed by atoms with E-state index in [4.69, 9.17) is 10.5 Å². The second kappa shape index (κ2) is 5.35. The number of carbonyl (C=O) groups is 1. The van der Waals surface area contributed by atoms with Crippen LogP contribution in [0.5, 0.6) is 5.75 Å². The molecular formula is C13H20N2O3. The first-order valence-electron chi connectivity index (χ1n) is 5.78. The van der Waals surface area contributed by atoms with Gasteiger partial charge >= 0.3 is 5.97 Å². The molecule has 0 amide bonds. The lowest BCUT2D eigenvalue weighted by Crippen LogP contribution is -2.38. The molecule has 1 heterocycles. The minimum Gasteiger partial charge on any atom is -0.496 e. The topological polar surface area (TPSA) is 85.4 Å². The summed E-state index contributed by atoms with van der Waals surface area (Å²) in [6, 6.07) is 0. The van der Waals surface area contributed by atoms with Gasteiger partial charge in [0.15, 0.2) is 0 Å². The molecule has 3 N–H and O–H groups in total. The van der Waals surface area contributed by atoms with Gasteiger partial charge in [-0.15, -0.1) is 0 Å². The molecule has 5 heteroatoms. The molecule has 0 spiro atoms. The first-order chi connectivity index (χ1) is 8.35. The van der Waals surface area contributed by atoms with Crippen LogP contribution >= 0.6 is 0 Å². The number of carboxylic acid groups (broad SMARTS) is 1. The Balaban J connectivity index is 3.16. The number of nitrogens with zero attached hydrogens (tertiary/aromatic N) is 1. The van der Waals surface area contributed by atoms with Gasteiger partial charge in [0.1, 0.15) is 5.75 Å². The molecule has 1 rings (SSSR count). The summed E-state index contributed by atoms with van der Waals surface area (Å²) < 4.78 is 5.31. The Hall–Kier alpha value is -1.62. The number of aliphatic carboxylic acids is 1. The number of hydrogen-bond donors (Lipinski definition) is 2. The minimum absolute atomic E-state index is 0.0691. The fourth-order valence-corrected chi connectivity index (χ4v) is 1.85. The Kier molecular flexibility index (Phi) is 4.29. The van der Waals surface area contributed by atoms with Gasteiger partial charge in [0, 0.05) is 36.0 Å². The quantitative estimate of drug-likeness (QED) is 0.825. The Morgan fingerprint density at radius 3 is 2.61 bits per heavy atom. The molecule has 0 saturated carbocycles. The normalized spacial score (nSPS) is 14.1. The number of carboxylic acids is 1. The molecule has 0 saturated heterocycles. The first kappa shape index (κ1) is 14.4. The maximum absolute atomic E-state index is 11.3. The zero-order valence-corrected chi connectivity index (χ0v) is 11.3. The molecule has 0 fully saturated rings. The number of hydrogen-bond acceptors (Lipinski definition) is 4. The van der Waals surface area contributed by atoms with Crippen LogP contribution < -0.4 is 10.5 Å². The van der Waals surface area contributed by atoms with Gasteiger partial charge in [-0.1, -0.05) is 0 Å². The number of rotatable bonds is 5. The van der Waals surface area contributed by atoms with Crippen molar-refractivity contribution in [3.63, 3.8) is 0 Å². The molecule has 0 aliphatic carbocycles. The van der Waals surface area contributed by atoms with E-state index in [-0.39, 0.29) is 6.54 Å². The maximum atomic E-state index is 11.3. The number of methoxy groups -OCH3 is 1. The lowest BCUT2D eigenvalue weighted by atomic mass is 9.84. The summed E-state index contributed by atoms with van der Waals surface area (Å²) in [5.74, 6) is -0.157. The molecule has 0 aromatic carbocycles. The highest BCUT2D eigenvalue weighted by atomic mass is 16.5. The van der Waals surface area contributed by atoms with Crippen molar-refractivity contribution in [1.82, 2.24) is 4.98 Å². The number of ether oxygens (including phenoxy) is 1. The summed E-state index contributed by atoms with van der Waals surface area (Å²) in [5.41, 5.74) is 7.09. The number of aryl methyl sites for hydroxylation is 1. The minimum atomic E-state index is -1.00.